The van der Waals surface area contributed by atoms with E-state index in [1.807, 2.05) is 0 Å². The zero-order chi connectivity index (χ0) is 14.1. The molecule has 1 atom stereocenters. The lowest BCUT2D eigenvalue weighted by atomic mass is 9.94. The first kappa shape index (κ1) is 13.4. The molecule has 20 heavy (non-hydrogen) atoms. The molecule has 1 aliphatic carbocycles. The van der Waals surface area contributed by atoms with Gasteiger partial charge in [0, 0.05) is 18.8 Å². The Morgan fingerprint density at radius 2 is 2.25 bits per heavy atom. The van der Waals surface area contributed by atoms with Gasteiger partial charge in [-0.25, -0.2) is 4.98 Å². The highest BCUT2D eigenvalue weighted by Gasteiger charge is 2.26. The number of nitrogens with zero attached hydrogens (tertiary/aromatic N) is 2. The Hall–Kier alpha value is -1.58. The fourth-order valence-corrected chi connectivity index (χ4v) is 3.42. The van der Waals surface area contributed by atoms with Crippen LogP contribution in [0.5, 0.6) is 0 Å². The van der Waals surface area contributed by atoms with Crippen molar-refractivity contribution in [2.75, 3.05) is 18.0 Å². The van der Waals surface area contributed by atoms with Crippen LogP contribution in [0.3, 0.4) is 0 Å². The van der Waals surface area contributed by atoms with Gasteiger partial charge in [-0.3, -0.25) is 5.41 Å². The molecule has 0 radical (unpaired) electrons. The number of rotatable bonds is 3. The van der Waals surface area contributed by atoms with Crippen LogP contribution >= 0.6 is 0 Å². The number of fused-ring (bicyclic) bond motifs is 1. The van der Waals surface area contributed by atoms with Gasteiger partial charge in [0.05, 0.1) is 5.56 Å². The predicted molar refractivity (Wildman–Crippen MR) is 82.5 cm³/mol. The second kappa shape index (κ2) is 5.43. The molecular weight excluding hydrogens is 248 g/mol. The second-order valence-corrected chi connectivity index (χ2v) is 6.10. The molecule has 0 bridgehead atoms. The van der Waals surface area contributed by atoms with E-state index in [4.69, 9.17) is 16.1 Å². The Morgan fingerprint density at radius 1 is 1.45 bits per heavy atom. The highest BCUT2D eigenvalue weighted by atomic mass is 15.2. The van der Waals surface area contributed by atoms with E-state index in [-0.39, 0.29) is 5.84 Å². The van der Waals surface area contributed by atoms with Crippen LogP contribution in [-0.4, -0.2) is 23.9 Å². The van der Waals surface area contributed by atoms with Crippen molar-refractivity contribution >= 4 is 11.7 Å². The Bertz CT molecular complexity index is 523. The lowest BCUT2D eigenvalue weighted by molar-refractivity contribution is 0.568. The average Bonchev–Trinajstić information content (AvgIpc) is 2.94. The van der Waals surface area contributed by atoms with E-state index < -0.39 is 0 Å². The summed E-state index contributed by atoms with van der Waals surface area (Å²) in [6.07, 6.45) is 7.07. The number of nitrogens with two attached hydrogens (primary N) is 1. The van der Waals surface area contributed by atoms with Crippen LogP contribution in [0.25, 0.3) is 0 Å². The third kappa shape index (κ3) is 2.39. The first-order valence-corrected chi connectivity index (χ1v) is 7.81. The minimum absolute atomic E-state index is 0.154. The van der Waals surface area contributed by atoms with Crippen LogP contribution in [-0.2, 0) is 12.8 Å². The Kier molecular flexibility index (Phi) is 3.64. The standard InChI is InChI=1S/C16H24N4/c1-2-11-7-8-20(10-11)16-13(15(17)18)9-12-5-3-4-6-14(12)19-16/h9,11H,2-8,10H2,1H3,(H3,17,18). The molecule has 1 aromatic rings. The number of amidine groups is 1. The fraction of sp³-hybridized carbons (Fsp3) is 0.625. The first-order valence-electron chi connectivity index (χ1n) is 7.81. The van der Waals surface area contributed by atoms with E-state index in [9.17, 15) is 0 Å². The Morgan fingerprint density at radius 3 is 2.95 bits per heavy atom. The maximum atomic E-state index is 7.86. The summed E-state index contributed by atoms with van der Waals surface area (Å²) in [4.78, 5) is 7.22. The van der Waals surface area contributed by atoms with Crippen molar-refractivity contribution in [2.45, 2.75) is 45.4 Å². The molecule has 1 saturated heterocycles. The molecule has 1 unspecified atom stereocenters. The maximum absolute atomic E-state index is 7.86. The largest absolute Gasteiger partial charge is 0.384 e. The van der Waals surface area contributed by atoms with Gasteiger partial charge < -0.3 is 10.6 Å². The molecule has 1 aliphatic heterocycles. The molecule has 0 aromatic carbocycles. The number of anilines is 1. The van der Waals surface area contributed by atoms with Crippen molar-refractivity contribution in [2.24, 2.45) is 11.7 Å². The summed E-state index contributed by atoms with van der Waals surface area (Å²) in [5.41, 5.74) is 9.17. The second-order valence-electron chi connectivity index (χ2n) is 6.10. The van der Waals surface area contributed by atoms with Gasteiger partial charge in [-0.2, -0.15) is 0 Å². The number of hydrogen-bond acceptors (Lipinski definition) is 3. The number of aromatic nitrogens is 1. The fourth-order valence-electron chi connectivity index (χ4n) is 3.42. The number of nitrogens with one attached hydrogen (secondary N) is 1. The third-order valence-electron chi connectivity index (χ3n) is 4.73. The highest BCUT2D eigenvalue weighted by Crippen LogP contribution is 2.30. The molecular formula is C16H24N4. The van der Waals surface area contributed by atoms with Crippen LogP contribution in [0.2, 0.25) is 0 Å². The normalized spacial score (nSPS) is 21.9. The molecule has 0 saturated carbocycles. The van der Waals surface area contributed by atoms with Gasteiger partial charge in [0.1, 0.15) is 11.7 Å². The summed E-state index contributed by atoms with van der Waals surface area (Å²) in [5.74, 6) is 1.86. The van der Waals surface area contributed by atoms with Crippen molar-refractivity contribution in [3.05, 3.63) is 22.9 Å². The molecule has 108 valence electrons. The van der Waals surface area contributed by atoms with Gasteiger partial charge in [-0.1, -0.05) is 13.3 Å². The lowest BCUT2D eigenvalue weighted by Crippen LogP contribution is -2.27. The van der Waals surface area contributed by atoms with E-state index in [0.717, 1.165) is 43.2 Å². The smallest absolute Gasteiger partial charge is 0.139 e. The maximum Gasteiger partial charge on any atom is 0.139 e. The van der Waals surface area contributed by atoms with Crippen molar-refractivity contribution in [3.8, 4) is 0 Å². The highest BCUT2D eigenvalue weighted by molar-refractivity contribution is 6.00. The van der Waals surface area contributed by atoms with Crippen LogP contribution in [0.1, 0.15) is 49.4 Å². The summed E-state index contributed by atoms with van der Waals surface area (Å²) in [6.45, 7) is 4.35. The van der Waals surface area contributed by atoms with Gasteiger partial charge in [-0.15, -0.1) is 0 Å². The monoisotopic (exact) mass is 272 g/mol. The molecule has 0 amide bonds. The number of nitrogen functional groups attached to an aromatic ring is 1. The predicted octanol–water partition coefficient (Wildman–Crippen LogP) is 2.48. The Balaban J connectivity index is 1.98. The lowest BCUT2D eigenvalue weighted by Gasteiger charge is -2.24. The third-order valence-corrected chi connectivity index (χ3v) is 4.73. The molecule has 3 rings (SSSR count). The molecule has 4 nitrogen and oxygen atoms in total. The van der Waals surface area contributed by atoms with Crippen LogP contribution in [0, 0.1) is 11.3 Å². The van der Waals surface area contributed by atoms with Crippen molar-refractivity contribution in [1.29, 1.82) is 5.41 Å². The zero-order valence-corrected chi connectivity index (χ0v) is 12.3. The van der Waals surface area contributed by atoms with Crippen LogP contribution in [0.15, 0.2) is 6.07 Å². The summed E-state index contributed by atoms with van der Waals surface area (Å²) in [7, 11) is 0. The summed E-state index contributed by atoms with van der Waals surface area (Å²) >= 11 is 0. The van der Waals surface area contributed by atoms with Gasteiger partial charge in [0.25, 0.3) is 0 Å². The van der Waals surface area contributed by atoms with Gasteiger partial charge in [0.15, 0.2) is 0 Å². The summed E-state index contributed by atoms with van der Waals surface area (Å²) in [6, 6.07) is 2.12. The van der Waals surface area contributed by atoms with E-state index in [1.165, 1.54) is 36.9 Å². The van der Waals surface area contributed by atoms with E-state index in [1.54, 1.807) is 0 Å². The Labute approximate surface area is 120 Å². The number of hydrogen-bond donors (Lipinski definition) is 2. The van der Waals surface area contributed by atoms with Gasteiger partial charge in [0.2, 0.25) is 0 Å². The van der Waals surface area contributed by atoms with E-state index in [0.29, 0.717) is 0 Å². The summed E-state index contributed by atoms with van der Waals surface area (Å²) < 4.78 is 0. The molecule has 4 heteroatoms. The zero-order valence-electron chi connectivity index (χ0n) is 12.3. The van der Waals surface area contributed by atoms with E-state index >= 15 is 0 Å². The summed E-state index contributed by atoms with van der Waals surface area (Å²) in [5, 5.41) is 7.86. The SMILES string of the molecule is CCC1CCN(c2nc3c(cc2C(=N)N)CCCC3)C1. The quantitative estimate of drug-likeness (QED) is 0.656. The first-order chi connectivity index (χ1) is 9.69. The molecule has 1 aromatic heterocycles. The minimum Gasteiger partial charge on any atom is -0.384 e. The van der Waals surface area contributed by atoms with Crippen LogP contribution in [0.4, 0.5) is 5.82 Å². The van der Waals surface area contributed by atoms with Crippen LogP contribution < -0.4 is 10.6 Å². The molecule has 2 heterocycles. The van der Waals surface area contributed by atoms with Crippen molar-refractivity contribution in [1.82, 2.24) is 4.98 Å². The molecule has 1 fully saturated rings. The molecule has 2 aliphatic rings. The van der Waals surface area contributed by atoms with E-state index in [2.05, 4.69) is 17.9 Å². The van der Waals surface area contributed by atoms with Gasteiger partial charge in [-0.05, 0) is 49.7 Å². The van der Waals surface area contributed by atoms with Crippen molar-refractivity contribution in [3.63, 3.8) is 0 Å². The number of pyridine rings is 1. The number of aryl methyl sites for hydroxylation is 2. The average molecular weight is 272 g/mol. The molecule has 0 spiro atoms. The van der Waals surface area contributed by atoms with Gasteiger partial charge >= 0.3 is 0 Å². The topological polar surface area (TPSA) is 66.0 Å². The molecule has 3 N–H and O–H groups in total. The van der Waals surface area contributed by atoms with Crippen molar-refractivity contribution < 1.29 is 0 Å². The minimum atomic E-state index is 0.154.